The maximum absolute atomic E-state index is 12.6. The lowest BCUT2D eigenvalue weighted by Gasteiger charge is -2.13. The first-order valence-electron chi connectivity index (χ1n) is 8.18. The van der Waals surface area contributed by atoms with Crippen LogP contribution < -0.4 is 5.69 Å². The van der Waals surface area contributed by atoms with Crippen LogP contribution in [-0.4, -0.2) is 22.9 Å². The molecule has 136 valence electrons. The van der Waals surface area contributed by atoms with Crippen molar-refractivity contribution in [2.45, 2.75) is 44.4 Å². The third-order valence-electron chi connectivity index (χ3n) is 3.98. The van der Waals surface area contributed by atoms with E-state index in [0.29, 0.717) is 21.8 Å². The Kier molecular flexibility index (Phi) is 6.24. The number of carbonyl (C=O) groups excluding carboxylic acids is 1. The number of aromatic nitrogens is 2. The molecule has 0 saturated heterocycles. The number of hydrogen-bond donors (Lipinski definition) is 0. The molecule has 1 aromatic heterocycles. The first-order chi connectivity index (χ1) is 11.8. The molecule has 0 fully saturated rings. The molecule has 25 heavy (non-hydrogen) atoms. The zero-order chi connectivity index (χ0) is 18.6. The van der Waals surface area contributed by atoms with Crippen LogP contribution in [0.25, 0.3) is 0 Å². The number of rotatable bonds is 7. The van der Waals surface area contributed by atoms with Crippen LogP contribution in [0.3, 0.4) is 0 Å². The molecule has 0 amide bonds. The Labute approximate surface area is 152 Å². The standard InChI is InChI=1S/C17H21ClN2O4S/c1-3-5-13(6-4-2)16(21)19-11-12-20(17(19)22)25(23,24)15-9-7-14(18)8-10-15/h7-13H,3-6H2,1-2H3. The van der Waals surface area contributed by atoms with E-state index in [1.54, 1.807) is 0 Å². The van der Waals surface area contributed by atoms with Gasteiger partial charge in [0.15, 0.2) is 0 Å². The molecule has 0 N–H and O–H groups in total. The largest absolute Gasteiger partial charge is 0.349 e. The smallest absolute Gasteiger partial charge is 0.274 e. The van der Waals surface area contributed by atoms with Crippen molar-refractivity contribution in [3.05, 3.63) is 52.2 Å². The molecule has 6 nitrogen and oxygen atoms in total. The summed E-state index contributed by atoms with van der Waals surface area (Å²) < 4.78 is 26.7. The maximum atomic E-state index is 12.6. The quantitative estimate of drug-likeness (QED) is 0.732. The van der Waals surface area contributed by atoms with Gasteiger partial charge in [-0.3, -0.25) is 4.79 Å². The third-order valence-corrected chi connectivity index (χ3v) is 5.89. The summed E-state index contributed by atoms with van der Waals surface area (Å²) in [6.45, 7) is 3.93. The second-order valence-corrected chi connectivity index (χ2v) is 8.07. The van der Waals surface area contributed by atoms with Gasteiger partial charge in [-0.25, -0.2) is 17.8 Å². The van der Waals surface area contributed by atoms with Crippen LogP contribution in [0.5, 0.6) is 0 Å². The molecule has 0 aliphatic rings. The number of nitrogens with zero attached hydrogens (tertiary/aromatic N) is 2. The van der Waals surface area contributed by atoms with Crippen LogP contribution in [-0.2, 0) is 10.0 Å². The van der Waals surface area contributed by atoms with Gasteiger partial charge in [0, 0.05) is 23.3 Å². The van der Waals surface area contributed by atoms with Gasteiger partial charge in [-0.05, 0) is 37.1 Å². The molecule has 0 radical (unpaired) electrons. The Hall–Kier alpha value is -1.86. The molecule has 1 aromatic carbocycles. The maximum Gasteiger partial charge on any atom is 0.349 e. The monoisotopic (exact) mass is 384 g/mol. The van der Waals surface area contributed by atoms with Crippen molar-refractivity contribution in [3.8, 4) is 0 Å². The average Bonchev–Trinajstić information content (AvgIpc) is 2.96. The van der Waals surface area contributed by atoms with Crippen molar-refractivity contribution in [1.82, 2.24) is 8.54 Å². The lowest BCUT2D eigenvalue weighted by atomic mass is 9.97. The van der Waals surface area contributed by atoms with Crippen LogP contribution in [0.15, 0.2) is 46.3 Å². The van der Waals surface area contributed by atoms with Crippen molar-refractivity contribution < 1.29 is 13.2 Å². The average molecular weight is 385 g/mol. The summed E-state index contributed by atoms with van der Waals surface area (Å²) >= 11 is 5.77. The van der Waals surface area contributed by atoms with Gasteiger partial charge in [-0.1, -0.05) is 38.3 Å². The van der Waals surface area contributed by atoms with Crippen molar-refractivity contribution in [1.29, 1.82) is 0 Å². The van der Waals surface area contributed by atoms with Crippen molar-refractivity contribution in [3.63, 3.8) is 0 Å². The van der Waals surface area contributed by atoms with Gasteiger partial charge in [0.2, 0.25) is 5.91 Å². The summed E-state index contributed by atoms with van der Waals surface area (Å²) in [5, 5.41) is 0.390. The zero-order valence-corrected chi connectivity index (χ0v) is 15.8. The molecule has 0 saturated carbocycles. The van der Waals surface area contributed by atoms with Gasteiger partial charge in [-0.2, -0.15) is 3.97 Å². The normalized spacial score (nSPS) is 11.8. The van der Waals surface area contributed by atoms with E-state index in [-0.39, 0.29) is 16.7 Å². The van der Waals surface area contributed by atoms with E-state index in [2.05, 4.69) is 0 Å². The Morgan fingerprint density at radius 1 is 1.08 bits per heavy atom. The van der Waals surface area contributed by atoms with E-state index in [1.807, 2.05) is 13.8 Å². The summed E-state index contributed by atoms with van der Waals surface area (Å²) in [6.07, 6.45) is 5.28. The second kappa shape index (κ2) is 8.01. The van der Waals surface area contributed by atoms with E-state index in [1.165, 1.54) is 30.5 Å². The Morgan fingerprint density at radius 3 is 2.16 bits per heavy atom. The fraction of sp³-hybridized carbons (Fsp3) is 0.412. The fourth-order valence-corrected chi connectivity index (χ4v) is 4.06. The van der Waals surface area contributed by atoms with Gasteiger partial charge in [0.25, 0.3) is 10.0 Å². The molecule has 1 heterocycles. The van der Waals surface area contributed by atoms with E-state index in [4.69, 9.17) is 11.6 Å². The molecule has 0 aliphatic carbocycles. The highest BCUT2D eigenvalue weighted by Crippen LogP contribution is 2.18. The molecule has 0 atom stereocenters. The predicted octanol–water partition coefficient (Wildman–Crippen LogP) is 3.40. The number of benzene rings is 1. The first-order valence-corrected chi connectivity index (χ1v) is 10.00. The second-order valence-electron chi connectivity index (χ2n) is 5.82. The summed E-state index contributed by atoms with van der Waals surface area (Å²) in [7, 11) is -4.08. The number of imidazole rings is 1. The van der Waals surface area contributed by atoms with Gasteiger partial charge >= 0.3 is 5.69 Å². The SMILES string of the molecule is CCCC(CCC)C(=O)n1ccn(S(=O)(=O)c2ccc(Cl)cc2)c1=O. The summed E-state index contributed by atoms with van der Waals surface area (Å²) in [4.78, 5) is 25.0. The minimum absolute atomic E-state index is 0.0668. The molecule has 0 aliphatic heterocycles. The molecule has 0 unspecified atom stereocenters. The summed E-state index contributed by atoms with van der Waals surface area (Å²) in [5.41, 5.74) is -0.878. The Morgan fingerprint density at radius 2 is 1.64 bits per heavy atom. The van der Waals surface area contributed by atoms with E-state index in [0.717, 1.165) is 23.6 Å². The van der Waals surface area contributed by atoms with Crippen LogP contribution >= 0.6 is 11.6 Å². The van der Waals surface area contributed by atoms with Crippen molar-refractivity contribution >= 4 is 27.5 Å². The zero-order valence-electron chi connectivity index (χ0n) is 14.2. The van der Waals surface area contributed by atoms with Crippen molar-refractivity contribution in [2.75, 3.05) is 0 Å². The molecule has 2 aromatic rings. The highest BCUT2D eigenvalue weighted by atomic mass is 35.5. The van der Waals surface area contributed by atoms with Gasteiger partial charge in [0.05, 0.1) is 4.90 Å². The minimum atomic E-state index is -4.08. The van der Waals surface area contributed by atoms with Crippen LogP contribution in [0.2, 0.25) is 5.02 Å². The lowest BCUT2D eigenvalue weighted by molar-refractivity contribution is 0.0813. The molecular formula is C17H21ClN2O4S. The molecule has 2 rings (SSSR count). The Balaban J connectivity index is 2.42. The molecular weight excluding hydrogens is 364 g/mol. The Bertz CT molecular complexity index is 891. The third kappa shape index (κ3) is 4.04. The van der Waals surface area contributed by atoms with Gasteiger partial charge in [-0.15, -0.1) is 0 Å². The number of carbonyl (C=O) groups is 1. The number of hydrogen-bond acceptors (Lipinski definition) is 4. The highest BCUT2D eigenvalue weighted by Gasteiger charge is 2.25. The highest BCUT2D eigenvalue weighted by molar-refractivity contribution is 7.90. The fourth-order valence-electron chi connectivity index (χ4n) is 2.72. The van der Waals surface area contributed by atoms with E-state index >= 15 is 0 Å². The minimum Gasteiger partial charge on any atom is -0.274 e. The van der Waals surface area contributed by atoms with E-state index in [9.17, 15) is 18.0 Å². The molecule has 0 spiro atoms. The van der Waals surface area contributed by atoms with Gasteiger partial charge < -0.3 is 0 Å². The van der Waals surface area contributed by atoms with Crippen molar-refractivity contribution in [2.24, 2.45) is 5.92 Å². The summed E-state index contributed by atoms with van der Waals surface area (Å²) in [6, 6.07) is 5.50. The van der Waals surface area contributed by atoms with Crippen LogP contribution in [0.4, 0.5) is 0 Å². The van der Waals surface area contributed by atoms with Crippen LogP contribution in [0, 0.1) is 5.92 Å². The number of halogens is 1. The molecule has 8 heteroatoms. The van der Waals surface area contributed by atoms with Gasteiger partial charge in [0.1, 0.15) is 0 Å². The first kappa shape index (κ1) is 19.5. The van der Waals surface area contributed by atoms with E-state index < -0.39 is 15.7 Å². The topological polar surface area (TPSA) is 78.1 Å². The van der Waals surface area contributed by atoms with Crippen LogP contribution in [0.1, 0.15) is 44.3 Å². The predicted molar refractivity (Wildman–Crippen MR) is 96.7 cm³/mol. The lowest BCUT2D eigenvalue weighted by Crippen LogP contribution is -2.35. The molecule has 0 bridgehead atoms. The summed E-state index contributed by atoms with van der Waals surface area (Å²) in [5.74, 6) is -0.652.